The summed E-state index contributed by atoms with van der Waals surface area (Å²) in [6.45, 7) is 11.6. The van der Waals surface area contributed by atoms with Crippen molar-refractivity contribution < 1.29 is 9.59 Å². The molecule has 2 aromatic carbocycles. The lowest BCUT2D eigenvalue weighted by molar-refractivity contribution is -0.140. The predicted molar refractivity (Wildman–Crippen MR) is 138 cm³/mol. The number of fused-ring (bicyclic) bond motifs is 1. The zero-order valence-corrected chi connectivity index (χ0v) is 20.7. The minimum Gasteiger partial charge on any atom is -0.339 e. The van der Waals surface area contributed by atoms with Crippen molar-refractivity contribution in [3.8, 4) is 0 Å². The molecule has 3 aromatic rings. The molecule has 0 radical (unpaired) electrons. The normalized spacial score (nSPS) is 14.8. The number of carbonyl (C=O) groups excluding carboxylic acids is 2. The Morgan fingerprint density at radius 2 is 1.60 bits per heavy atom. The van der Waals surface area contributed by atoms with Gasteiger partial charge in [-0.15, -0.1) is 0 Å². The van der Waals surface area contributed by atoms with Crippen LogP contribution in [0.5, 0.6) is 0 Å². The van der Waals surface area contributed by atoms with Crippen molar-refractivity contribution >= 4 is 41.1 Å². The largest absolute Gasteiger partial charge is 0.339 e. The van der Waals surface area contributed by atoms with Crippen molar-refractivity contribution in [2.45, 2.75) is 20.8 Å². The van der Waals surface area contributed by atoms with Crippen molar-refractivity contribution in [1.82, 2.24) is 19.5 Å². The number of rotatable bonds is 4. The van der Waals surface area contributed by atoms with Crippen molar-refractivity contribution in [2.75, 3.05) is 38.5 Å². The lowest BCUT2D eigenvalue weighted by atomic mass is 9.94. The minimum atomic E-state index is -0.416. The van der Waals surface area contributed by atoms with Crippen LogP contribution in [0.25, 0.3) is 11.0 Å². The molecule has 4 rings (SSSR count). The van der Waals surface area contributed by atoms with Gasteiger partial charge in [0.1, 0.15) is 0 Å². The maximum absolute atomic E-state index is 13.0. The highest BCUT2D eigenvalue weighted by Crippen LogP contribution is 2.20. The summed E-state index contributed by atoms with van der Waals surface area (Å²) >= 11 is 0. The monoisotopic (exact) mass is 473 g/mol. The number of benzene rings is 2. The number of piperazine rings is 1. The molecule has 1 aromatic heterocycles. The van der Waals surface area contributed by atoms with Crippen LogP contribution in [-0.2, 0) is 4.79 Å². The van der Waals surface area contributed by atoms with E-state index in [1.165, 1.54) is 0 Å². The highest BCUT2D eigenvalue weighted by Gasteiger charge is 2.31. The Bertz CT molecular complexity index is 1330. The second-order valence-electron chi connectivity index (χ2n) is 9.49. The van der Waals surface area contributed by atoms with Crippen LogP contribution in [0.1, 0.15) is 31.1 Å². The van der Waals surface area contributed by atoms with Crippen LogP contribution < -0.4 is 10.8 Å². The number of hydrogen-bond donors (Lipinski definition) is 1. The summed E-state index contributed by atoms with van der Waals surface area (Å²) < 4.78 is 1.65. The number of anilines is 2. The van der Waals surface area contributed by atoms with Gasteiger partial charge in [0, 0.05) is 56.6 Å². The number of aromatic nitrogens is 2. The van der Waals surface area contributed by atoms with Crippen LogP contribution in [0.15, 0.2) is 58.6 Å². The summed E-state index contributed by atoms with van der Waals surface area (Å²) in [5, 5.41) is 7.39. The van der Waals surface area contributed by atoms with Gasteiger partial charge in [0.15, 0.2) is 11.3 Å². The number of amides is 2. The molecule has 0 aliphatic carbocycles. The third-order valence-electron chi connectivity index (χ3n) is 6.00. The highest BCUT2D eigenvalue weighted by molar-refractivity contribution is 5.95. The Morgan fingerprint density at radius 3 is 2.20 bits per heavy atom. The van der Waals surface area contributed by atoms with E-state index < -0.39 is 5.41 Å². The predicted octanol–water partition coefficient (Wildman–Crippen LogP) is 3.10. The fourth-order valence-electron chi connectivity index (χ4n) is 4.15. The molecule has 0 atom stereocenters. The van der Waals surface area contributed by atoms with E-state index in [0.29, 0.717) is 43.0 Å². The van der Waals surface area contributed by atoms with Gasteiger partial charge in [-0.25, -0.2) is 9.66 Å². The van der Waals surface area contributed by atoms with Gasteiger partial charge in [-0.2, -0.15) is 5.10 Å². The van der Waals surface area contributed by atoms with Crippen LogP contribution in [0, 0.1) is 5.41 Å². The zero-order chi connectivity index (χ0) is 25.2. The third kappa shape index (κ3) is 4.94. The second-order valence-corrected chi connectivity index (χ2v) is 9.49. The molecule has 0 spiro atoms. The van der Waals surface area contributed by atoms with E-state index in [1.807, 2.05) is 62.1 Å². The SMILES string of the molecule is C=Nn1c(=NC)c(Nc2ccc(C(=O)N3CCN(C(=O)C(C)(C)C)CC3)cc2)nc2ccccc21. The Kier molecular flexibility index (Phi) is 6.68. The molecule has 0 unspecified atom stereocenters. The second kappa shape index (κ2) is 9.69. The molecular weight excluding hydrogens is 442 g/mol. The van der Waals surface area contributed by atoms with Gasteiger partial charge in [0.25, 0.3) is 5.91 Å². The molecule has 1 aliphatic rings. The first-order valence-corrected chi connectivity index (χ1v) is 11.6. The summed E-state index contributed by atoms with van der Waals surface area (Å²) in [5.41, 5.74) is 3.05. The van der Waals surface area contributed by atoms with Crippen molar-refractivity contribution in [3.63, 3.8) is 0 Å². The van der Waals surface area contributed by atoms with E-state index in [0.717, 1.165) is 16.7 Å². The molecule has 2 amide bonds. The summed E-state index contributed by atoms with van der Waals surface area (Å²) in [6.07, 6.45) is 0. The van der Waals surface area contributed by atoms with Crippen molar-refractivity contribution in [3.05, 3.63) is 59.6 Å². The van der Waals surface area contributed by atoms with Gasteiger partial charge in [-0.05, 0) is 36.4 Å². The third-order valence-corrected chi connectivity index (χ3v) is 6.00. The zero-order valence-electron chi connectivity index (χ0n) is 20.7. The standard InChI is InChI=1S/C26H31N7O2/c1-26(2,3)25(35)32-16-14-31(15-17-32)24(34)18-10-12-19(13-11-18)29-22-23(27-4)33(28-5)21-9-7-6-8-20(21)30-22/h6-13H,5,14-17H2,1-4H3,(H,29,30). The fraction of sp³-hybridized carbons (Fsp3) is 0.346. The Balaban J connectivity index is 1.49. The molecule has 35 heavy (non-hydrogen) atoms. The molecule has 0 bridgehead atoms. The van der Waals surface area contributed by atoms with Crippen LogP contribution in [0.4, 0.5) is 11.5 Å². The van der Waals surface area contributed by atoms with Crippen molar-refractivity contribution in [1.29, 1.82) is 0 Å². The first-order chi connectivity index (χ1) is 16.7. The van der Waals surface area contributed by atoms with Crippen LogP contribution in [-0.4, -0.2) is 71.2 Å². The van der Waals surface area contributed by atoms with Gasteiger partial charge in [0.2, 0.25) is 5.91 Å². The number of para-hydroxylation sites is 2. The molecule has 0 saturated carbocycles. The summed E-state index contributed by atoms with van der Waals surface area (Å²) in [4.78, 5) is 38.2. The first kappa shape index (κ1) is 24.1. The van der Waals surface area contributed by atoms with Gasteiger partial charge in [0.05, 0.1) is 11.0 Å². The van der Waals surface area contributed by atoms with E-state index in [2.05, 4.69) is 22.1 Å². The number of nitrogens with zero attached hydrogens (tertiary/aromatic N) is 6. The molecule has 1 fully saturated rings. The molecule has 9 nitrogen and oxygen atoms in total. The van der Waals surface area contributed by atoms with Crippen LogP contribution in [0.2, 0.25) is 0 Å². The highest BCUT2D eigenvalue weighted by atomic mass is 16.2. The summed E-state index contributed by atoms with van der Waals surface area (Å²) in [6, 6.07) is 14.9. The van der Waals surface area contributed by atoms with E-state index in [1.54, 1.807) is 28.8 Å². The average Bonchev–Trinajstić information content (AvgIpc) is 2.87. The smallest absolute Gasteiger partial charge is 0.253 e. The van der Waals surface area contributed by atoms with Gasteiger partial charge in [-0.1, -0.05) is 32.9 Å². The molecule has 1 N–H and O–H groups in total. The van der Waals surface area contributed by atoms with Crippen LogP contribution >= 0.6 is 0 Å². The van der Waals surface area contributed by atoms with E-state index in [4.69, 9.17) is 4.98 Å². The number of nitrogens with one attached hydrogen (secondary N) is 1. The summed E-state index contributed by atoms with van der Waals surface area (Å²) in [5.74, 6) is 0.618. The Hall–Kier alpha value is -4.01. The van der Waals surface area contributed by atoms with Gasteiger partial charge >= 0.3 is 0 Å². The molecular formula is C26H31N7O2. The van der Waals surface area contributed by atoms with Crippen LogP contribution in [0.3, 0.4) is 0 Å². The van der Waals surface area contributed by atoms with Gasteiger partial charge in [-0.3, -0.25) is 14.6 Å². The van der Waals surface area contributed by atoms with Gasteiger partial charge < -0.3 is 15.1 Å². The van der Waals surface area contributed by atoms with E-state index >= 15 is 0 Å². The lowest BCUT2D eigenvalue weighted by Gasteiger charge is -2.37. The van der Waals surface area contributed by atoms with E-state index in [9.17, 15) is 9.59 Å². The number of carbonyl (C=O) groups is 2. The average molecular weight is 474 g/mol. The molecule has 182 valence electrons. The number of hydrogen-bond acceptors (Lipinski definition) is 6. The maximum atomic E-state index is 13.0. The minimum absolute atomic E-state index is 0.0406. The maximum Gasteiger partial charge on any atom is 0.253 e. The molecule has 9 heteroatoms. The quantitative estimate of drug-likeness (QED) is 0.589. The molecule has 1 saturated heterocycles. The van der Waals surface area contributed by atoms with E-state index in [-0.39, 0.29) is 11.8 Å². The topological polar surface area (TPSA) is 95.2 Å². The Morgan fingerprint density at radius 1 is 0.971 bits per heavy atom. The fourth-order valence-corrected chi connectivity index (χ4v) is 4.15. The first-order valence-electron chi connectivity index (χ1n) is 11.6. The molecule has 1 aliphatic heterocycles. The summed E-state index contributed by atoms with van der Waals surface area (Å²) in [7, 11) is 1.68. The molecule has 2 heterocycles. The van der Waals surface area contributed by atoms with Crippen molar-refractivity contribution in [2.24, 2.45) is 15.5 Å². The Labute approximate surface area is 204 Å². The lowest BCUT2D eigenvalue weighted by Crippen LogP contribution is -2.53.